The minimum Gasteiger partial charge on any atom is -0.394 e. The van der Waals surface area contributed by atoms with Crippen LogP contribution in [0.4, 0.5) is 0 Å². The zero-order chi connectivity index (χ0) is 17.6. The molecule has 1 aromatic carbocycles. The number of carbonyl (C=O) groups is 2. The number of para-hydroxylation sites is 1. The molecule has 0 bridgehead atoms. The molecule has 2 heterocycles. The Labute approximate surface area is 142 Å². The lowest BCUT2D eigenvalue weighted by Gasteiger charge is -2.14. The number of aliphatic hydroxyl groups is 1. The van der Waals surface area contributed by atoms with Gasteiger partial charge < -0.3 is 15.4 Å². The van der Waals surface area contributed by atoms with E-state index in [1.54, 1.807) is 12.3 Å². The van der Waals surface area contributed by atoms with Crippen LogP contribution in [-0.4, -0.2) is 49.4 Å². The van der Waals surface area contributed by atoms with Crippen LogP contribution in [0.5, 0.6) is 0 Å². The van der Waals surface area contributed by atoms with Crippen molar-refractivity contribution in [1.82, 2.24) is 25.2 Å². The van der Waals surface area contributed by atoms with E-state index >= 15 is 0 Å². The maximum Gasteiger partial charge on any atom is 0.263 e. The van der Waals surface area contributed by atoms with Gasteiger partial charge in [0.25, 0.3) is 5.91 Å². The standard InChI is InChI=1S/C16H16N6O3/c23-8-14(16(25)21-22-9-18-19-10-22)20-15(24)6-5-11-7-17-13-4-2-1-3-12(11)13/h1-7,9-10,14,17,23H,8H2,(H,20,24)(H,21,25). The number of aliphatic hydroxyl groups excluding tert-OH is 1. The minimum absolute atomic E-state index is 0.497. The van der Waals surface area contributed by atoms with Gasteiger partial charge in [0.2, 0.25) is 5.91 Å². The molecule has 2 amide bonds. The molecule has 128 valence electrons. The van der Waals surface area contributed by atoms with Gasteiger partial charge in [-0.15, -0.1) is 10.2 Å². The maximum absolute atomic E-state index is 12.0. The Hall–Kier alpha value is -3.46. The molecule has 25 heavy (non-hydrogen) atoms. The third kappa shape index (κ3) is 3.90. The number of carbonyl (C=O) groups excluding carboxylic acids is 2. The number of amides is 2. The Morgan fingerprint density at radius 2 is 2.04 bits per heavy atom. The molecule has 2 aromatic heterocycles. The first-order valence-corrected chi connectivity index (χ1v) is 7.48. The van der Waals surface area contributed by atoms with E-state index in [0.717, 1.165) is 16.5 Å². The van der Waals surface area contributed by atoms with Gasteiger partial charge in [-0.05, 0) is 17.7 Å². The van der Waals surface area contributed by atoms with Crippen LogP contribution in [0.2, 0.25) is 0 Å². The summed E-state index contributed by atoms with van der Waals surface area (Å²) in [5, 5.41) is 19.8. The van der Waals surface area contributed by atoms with Crippen LogP contribution in [0, 0.1) is 0 Å². The highest BCUT2D eigenvalue weighted by atomic mass is 16.3. The largest absolute Gasteiger partial charge is 0.394 e. The Morgan fingerprint density at radius 1 is 1.28 bits per heavy atom. The van der Waals surface area contributed by atoms with E-state index in [9.17, 15) is 14.7 Å². The number of H-pyrrole nitrogens is 1. The minimum atomic E-state index is -1.09. The van der Waals surface area contributed by atoms with Crippen LogP contribution >= 0.6 is 0 Å². The number of rotatable bonds is 6. The summed E-state index contributed by atoms with van der Waals surface area (Å²) in [4.78, 5) is 27.1. The van der Waals surface area contributed by atoms with Gasteiger partial charge in [0.15, 0.2) is 0 Å². The lowest BCUT2D eigenvalue weighted by Crippen LogP contribution is -2.47. The molecule has 1 atom stereocenters. The highest BCUT2D eigenvalue weighted by Crippen LogP contribution is 2.18. The molecule has 9 nitrogen and oxygen atoms in total. The van der Waals surface area contributed by atoms with Crippen LogP contribution in [0.15, 0.2) is 49.2 Å². The SMILES string of the molecule is O=C(C=Cc1c[nH]c2ccccc12)NC(CO)C(=O)Nn1cnnc1. The zero-order valence-electron chi connectivity index (χ0n) is 13.1. The molecule has 0 saturated carbocycles. The fraction of sp³-hybridized carbons (Fsp3) is 0.125. The normalized spacial score (nSPS) is 12.4. The van der Waals surface area contributed by atoms with E-state index in [-0.39, 0.29) is 0 Å². The fourth-order valence-electron chi connectivity index (χ4n) is 2.27. The lowest BCUT2D eigenvalue weighted by atomic mass is 10.1. The first-order chi connectivity index (χ1) is 12.2. The summed E-state index contributed by atoms with van der Waals surface area (Å²) in [6.07, 6.45) is 7.30. The van der Waals surface area contributed by atoms with Crippen molar-refractivity contribution < 1.29 is 14.7 Å². The summed E-state index contributed by atoms with van der Waals surface area (Å²) < 4.78 is 1.22. The molecule has 4 N–H and O–H groups in total. The molecular formula is C16H16N6O3. The highest BCUT2D eigenvalue weighted by Gasteiger charge is 2.19. The molecule has 0 fully saturated rings. The molecule has 0 spiro atoms. The van der Waals surface area contributed by atoms with Crippen molar-refractivity contribution in [2.75, 3.05) is 12.0 Å². The van der Waals surface area contributed by atoms with Crippen molar-refractivity contribution in [2.24, 2.45) is 0 Å². The Morgan fingerprint density at radius 3 is 2.80 bits per heavy atom. The highest BCUT2D eigenvalue weighted by molar-refractivity contribution is 5.99. The van der Waals surface area contributed by atoms with E-state index in [0.29, 0.717) is 0 Å². The predicted molar refractivity (Wildman–Crippen MR) is 90.7 cm³/mol. The summed E-state index contributed by atoms with van der Waals surface area (Å²) >= 11 is 0. The van der Waals surface area contributed by atoms with Crippen LogP contribution in [0.3, 0.4) is 0 Å². The number of fused-ring (bicyclic) bond motifs is 1. The van der Waals surface area contributed by atoms with Gasteiger partial charge in [-0.1, -0.05) is 18.2 Å². The van der Waals surface area contributed by atoms with Crippen LogP contribution in [0.25, 0.3) is 17.0 Å². The average molecular weight is 340 g/mol. The van der Waals surface area contributed by atoms with E-state index in [4.69, 9.17) is 0 Å². The number of hydrogen-bond acceptors (Lipinski definition) is 5. The number of aromatic amines is 1. The molecule has 3 rings (SSSR count). The maximum atomic E-state index is 12.0. The third-order valence-electron chi connectivity index (χ3n) is 3.51. The molecular weight excluding hydrogens is 324 g/mol. The molecule has 0 radical (unpaired) electrons. The van der Waals surface area contributed by atoms with Crippen molar-refractivity contribution >= 4 is 28.8 Å². The molecule has 0 aliphatic heterocycles. The second-order valence-corrected chi connectivity index (χ2v) is 5.21. The zero-order valence-corrected chi connectivity index (χ0v) is 13.1. The third-order valence-corrected chi connectivity index (χ3v) is 3.51. The average Bonchev–Trinajstić information content (AvgIpc) is 3.27. The van der Waals surface area contributed by atoms with Gasteiger partial charge in [0, 0.05) is 23.2 Å². The van der Waals surface area contributed by atoms with Crippen molar-refractivity contribution in [1.29, 1.82) is 0 Å². The second kappa shape index (κ2) is 7.41. The number of nitrogens with one attached hydrogen (secondary N) is 3. The van der Waals surface area contributed by atoms with E-state index in [1.165, 1.54) is 23.4 Å². The van der Waals surface area contributed by atoms with Crippen molar-refractivity contribution in [3.8, 4) is 0 Å². The van der Waals surface area contributed by atoms with Crippen LogP contribution in [0.1, 0.15) is 5.56 Å². The number of aromatic nitrogens is 4. The predicted octanol–water partition coefficient (Wildman–Crippen LogP) is 0.0200. The molecule has 0 aliphatic rings. The van der Waals surface area contributed by atoms with Crippen molar-refractivity contribution in [3.05, 3.63) is 54.8 Å². The van der Waals surface area contributed by atoms with Gasteiger partial charge in [-0.3, -0.25) is 15.0 Å². The molecule has 3 aromatic rings. The topological polar surface area (TPSA) is 125 Å². The van der Waals surface area contributed by atoms with Crippen LogP contribution in [-0.2, 0) is 9.59 Å². The molecule has 1 unspecified atom stereocenters. The monoisotopic (exact) mass is 340 g/mol. The summed E-state index contributed by atoms with van der Waals surface area (Å²) in [7, 11) is 0. The smallest absolute Gasteiger partial charge is 0.263 e. The quantitative estimate of drug-likeness (QED) is 0.471. The Bertz CT molecular complexity index is 900. The Kier molecular flexibility index (Phi) is 4.86. The number of nitrogens with zero attached hydrogens (tertiary/aromatic N) is 3. The van der Waals surface area contributed by atoms with E-state index in [1.807, 2.05) is 24.3 Å². The van der Waals surface area contributed by atoms with Gasteiger partial charge in [0.05, 0.1) is 6.61 Å². The van der Waals surface area contributed by atoms with Gasteiger partial charge in [-0.2, -0.15) is 0 Å². The molecule has 0 saturated heterocycles. The summed E-state index contributed by atoms with van der Waals surface area (Å²) in [6, 6.07) is 6.60. The van der Waals surface area contributed by atoms with Gasteiger partial charge in [0.1, 0.15) is 18.7 Å². The summed E-state index contributed by atoms with van der Waals surface area (Å²) in [6.45, 7) is -0.541. The molecule has 9 heteroatoms. The first kappa shape index (κ1) is 16.4. The lowest BCUT2D eigenvalue weighted by molar-refractivity contribution is -0.125. The van der Waals surface area contributed by atoms with Crippen molar-refractivity contribution in [2.45, 2.75) is 6.04 Å². The number of benzene rings is 1. The summed E-state index contributed by atoms with van der Waals surface area (Å²) in [5.74, 6) is -1.08. The van der Waals surface area contributed by atoms with E-state index < -0.39 is 24.5 Å². The number of hydrogen-bond donors (Lipinski definition) is 4. The van der Waals surface area contributed by atoms with Gasteiger partial charge in [-0.25, -0.2) is 4.68 Å². The second-order valence-electron chi connectivity index (χ2n) is 5.21. The first-order valence-electron chi connectivity index (χ1n) is 7.48. The Balaban J connectivity index is 1.63. The fourth-order valence-corrected chi connectivity index (χ4v) is 2.27. The van der Waals surface area contributed by atoms with Gasteiger partial charge >= 0.3 is 0 Å². The summed E-state index contributed by atoms with van der Waals surface area (Å²) in [5.41, 5.74) is 4.23. The molecule has 0 aliphatic carbocycles. The van der Waals surface area contributed by atoms with Crippen molar-refractivity contribution in [3.63, 3.8) is 0 Å². The van der Waals surface area contributed by atoms with Crippen LogP contribution < -0.4 is 10.7 Å². The van der Waals surface area contributed by atoms with E-state index in [2.05, 4.69) is 25.9 Å².